The zero-order chi connectivity index (χ0) is 15.4. The van der Waals surface area contributed by atoms with Crippen LogP contribution >= 0.6 is 0 Å². The lowest BCUT2D eigenvalue weighted by molar-refractivity contribution is 0.0772. The lowest BCUT2D eigenvalue weighted by Gasteiger charge is -2.18. The molecule has 0 unspecified atom stereocenters. The van der Waals surface area contributed by atoms with Crippen LogP contribution < -0.4 is 0 Å². The van der Waals surface area contributed by atoms with E-state index in [9.17, 15) is 4.79 Å². The maximum atomic E-state index is 12.4. The van der Waals surface area contributed by atoms with Crippen LogP contribution in [0.1, 0.15) is 35.3 Å². The Kier molecular flexibility index (Phi) is 4.73. The van der Waals surface area contributed by atoms with Crippen molar-refractivity contribution in [2.45, 2.75) is 27.7 Å². The third-order valence-corrected chi connectivity index (χ3v) is 3.88. The van der Waals surface area contributed by atoms with Crippen LogP contribution in [0.4, 0.5) is 0 Å². The minimum Gasteiger partial charge on any atom is -0.339 e. The first-order valence-electron chi connectivity index (χ1n) is 7.38. The van der Waals surface area contributed by atoms with Crippen LogP contribution in [0, 0.1) is 13.8 Å². The van der Waals surface area contributed by atoms with Crippen molar-refractivity contribution in [3.8, 4) is 11.1 Å². The monoisotopic (exact) mass is 282 g/mol. The van der Waals surface area contributed by atoms with Crippen molar-refractivity contribution >= 4 is 5.91 Å². The van der Waals surface area contributed by atoms with Gasteiger partial charge in [0.2, 0.25) is 0 Å². The number of carbonyl (C=O) groups is 1. The molecule has 0 aliphatic heterocycles. The molecule has 0 fully saturated rings. The number of nitrogens with zero attached hydrogens (tertiary/aromatic N) is 2. The average Bonchev–Trinajstić information content (AvgIpc) is 2.51. The van der Waals surface area contributed by atoms with Gasteiger partial charge in [-0.15, -0.1) is 0 Å². The van der Waals surface area contributed by atoms with Gasteiger partial charge in [0.25, 0.3) is 5.91 Å². The molecule has 0 spiro atoms. The fraction of sp³-hybridized carbons (Fsp3) is 0.333. The highest BCUT2D eigenvalue weighted by Crippen LogP contribution is 2.22. The lowest BCUT2D eigenvalue weighted by Crippen LogP contribution is -2.30. The molecule has 0 N–H and O–H groups in total. The molecular weight excluding hydrogens is 260 g/mol. The first-order valence-corrected chi connectivity index (χ1v) is 7.38. The molecule has 2 aromatic rings. The van der Waals surface area contributed by atoms with Crippen LogP contribution in [-0.2, 0) is 0 Å². The van der Waals surface area contributed by atoms with Gasteiger partial charge in [-0.3, -0.25) is 9.78 Å². The van der Waals surface area contributed by atoms with Gasteiger partial charge in [0.1, 0.15) is 0 Å². The zero-order valence-corrected chi connectivity index (χ0v) is 13.2. The van der Waals surface area contributed by atoms with Crippen molar-refractivity contribution in [2.24, 2.45) is 0 Å². The highest BCUT2D eigenvalue weighted by Gasteiger charge is 2.13. The summed E-state index contributed by atoms with van der Waals surface area (Å²) in [5.41, 5.74) is 5.24. The maximum absolute atomic E-state index is 12.4. The van der Waals surface area contributed by atoms with Gasteiger partial charge in [0.15, 0.2) is 0 Å². The van der Waals surface area contributed by atoms with Crippen molar-refractivity contribution in [1.82, 2.24) is 9.88 Å². The predicted octanol–water partition coefficient (Wildman–Crippen LogP) is 3.85. The topological polar surface area (TPSA) is 33.2 Å². The Morgan fingerprint density at radius 1 is 1.00 bits per heavy atom. The van der Waals surface area contributed by atoms with Crippen LogP contribution in [0.5, 0.6) is 0 Å². The van der Waals surface area contributed by atoms with E-state index in [1.807, 2.05) is 26.1 Å². The highest BCUT2D eigenvalue weighted by atomic mass is 16.2. The second-order valence-corrected chi connectivity index (χ2v) is 5.24. The van der Waals surface area contributed by atoms with Crippen molar-refractivity contribution < 1.29 is 4.79 Å². The van der Waals surface area contributed by atoms with E-state index in [1.54, 1.807) is 11.1 Å². The standard InChI is InChI=1S/C18H22N2O/c1-5-20(6-2)18(21)17-10-16(11-19-12-17)15-8-7-13(3)14(4)9-15/h7-12H,5-6H2,1-4H3. The Morgan fingerprint density at radius 2 is 1.71 bits per heavy atom. The first kappa shape index (κ1) is 15.2. The lowest BCUT2D eigenvalue weighted by atomic mass is 10.0. The van der Waals surface area contributed by atoms with Gasteiger partial charge in [-0.25, -0.2) is 0 Å². The van der Waals surface area contributed by atoms with E-state index in [-0.39, 0.29) is 5.91 Å². The summed E-state index contributed by atoms with van der Waals surface area (Å²) in [5, 5.41) is 0. The van der Waals surface area contributed by atoms with Gasteiger partial charge in [-0.05, 0) is 50.5 Å². The summed E-state index contributed by atoms with van der Waals surface area (Å²) in [5.74, 6) is 0.0400. The first-order chi connectivity index (χ1) is 10.1. The van der Waals surface area contributed by atoms with Crippen molar-refractivity contribution in [3.05, 3.63) is 53.3 Å². The number of benzene rings is 1. The number of amides is 1. The van der Waals surface area contributed by atoms with Crippen LogP contribution in [0.25, 0.3) is 11.1 Å². The van der Waals surface area contributed by atoms with Crippen molar-refractivity contribution in [2.75, 3.05) is 13.1 Å². The molecule has 0 bridgehead atoms. The Labute approximate surface area is 126 Å². The molecule has 0 saturated heterocycles. The number of aryl methyl sites for hydroxylation is 2. The SMILES string of the molecule is CCN(CC)C(=O)c1cncc(-c2ccc(C)c(C)c2)c1. The Hall–Kier alpha value is -2.16. The van der Waals surface area contributed by atoms with Gasteiger partial charge in [-0.2, -0.15) is 0 Å². The predicted molar refractivity (Wildman–Crippen MR) is 86.4 cm³/mol. The summed E-state index contributed by atoms with van der Waals surface area (Å²) in [7, 11) is 0. The largest absolute Gasteiger partial charge is 0.339 e. The minimum atomic E-state index is 0.0400. The summed E-state index contributed by atoms with van der Waals surface area (Å²) in [6.07, 6.45) is 3.45. The Morgan fingerprint density at radius 3 is 2.33 bits per heavy atom. The van der Waals surface area contributed by atoms with Crippen LogP contribution in [-0.4, -0.2) is 28.9 Å². The molecule has 21 heavy (non-hydrogen) atoms. The van der Waals surface area contributed by atoms with E-state index in [2.05, 4.69) is 37.0 Å². The molecule has 1 aromatic heterocycles. The van der Waals surface area contributed by atoms with Gasteiger partial charge >= 0.3 is 0 Å². The van der Waals surface area contributed by atoms with Gasteiger partial charge < -0.3 is 4.90 Å². The number of hydrogen-bond donors (Lipinski definition) is 0. The quantitative estimate of drug-likeness (QED) is 0.853. The number of aromatic nitrogens is 1. The minimum absolute atomic E-state index is 0.0400. The van der Waals surface area contributed by atoms with Crippen molar-refractivity contribution in [3.63, 3.8) is 0 Å². The van der Waals surface area contributed by atoms with Gasteiger partial charge in [0, 0.05) is 31.0 Å². The summed E-state index contributed by atoms with van der Waals surface area (Å²) >= 11 is 0. The Balaban J connectivity index is 2.37. The number of carbonyl (C=O) groups excluding carboxylic acids is 1. The van der Waals surface area contributed by atoms with E-state index in [0.29, 0.717) is 18.7 Å². The molecule has 3 heteroatoms. The smallest absolute Gasteiger partial charge is 0.255 e. The molecule has 2 rings (SSSR count). The second-order valence-electron chi connectivity index (χ2n) is 5.24. The van der Waals surface area contributed by atoms with Crippen molar-refractivity contribution in [1.29, 1.82) is 0 Å². The van der Waals surface area contributed by atoms with Gasteiger partial charge in [-0.1, -0.05) is 18.2 Å². The molecule has 0 aliphatic rings. The van der Waals surface area contributed by atoms with E-state index in [1.165, 1.54) is 11.1 Å². The molecule has 0 atom stereocenters. The van der Waals surface area contributed by atoms with Crippen LogP contribution in [0.3, 0.4) is 0 Å². The highest BCUT2D eigenvalue weighted by molar-refractivity contribution is 5.95. The van der Waals surface area contributed by atoms with E-state index >= 15 is 0 Å². The summed E-state index contributed by atoms with van der Waals surface area (Å²) in [6, 6.07) is 8.24. The van der Waals surface area contributed by atoms with E-state index < -0.39 is 0 Å². The number of hydrogen-bond acceptors (Lipinski definition) is 2. The molecule has 0 radical (unpaired) electrons. The maximum Gasteiger partial charge on any atom is 0.255 e. The summed E-state index contributed by atoms with van der Waals surface area (Å²) in [4.78, 5) is 18.4. The fourth-order valence-electron chi connectivity index (χ4n) is 2.33. The molecule has 110 valence electrons. The average molecular weight is 282 g/mol. The third kappa shape index (κ3) is 3.30. The molecule has 1 heterocycles. The summed E-state index contributed by atoms with van der Waals surface area (Å²) in [6.45, 7) is 9.59. The number of pyridine rings is 1. The summed E-state index contributed by atoms with van der Waals surface area (Å²) < 4.78 is 0. The molecule has 0 saturated carbocycles. The zero-order valence-electron chi connectivity index (χ0n) is 13.2. The van der Waals surface area contributed by atoms with Crippen LogP contribution in [0.15, 0.2) is 36.7 Å². The number of rotatable bonds is 4. The third-order valence-electron chi connectivity index (χ3n) is 3.88. The molecular formula is C18H22N2O. The van der Waals surface area contributed by atoms with E-state index in [4.69, 9.17) is 0 Å². The Bertz CT molecular complexity index is 645. The molecule has 3 nitrogen and oxygen atoms in total. The van der Waals surface area contributed by atoms with Gasteiger partial charge in [0.05, 0.1) is 5.56 Å². The normalized spacial score (nSPS) is 10.5. The fourth-order valence-corrected chi connectivity index (χ4v) is 2.33. The second kappa shape index (κ2) is 6.53. The molecule has 0 aliphatic carbocycles. The van der Waals surface area contributed by atoms with Crippen LogP contribution in [0.2, 0.25) is 0 Å². The van der Waals surface area contributed by atoms with E-state index in [0.717, 1.165) is 11.1 Å². The molecule has 1 amide bonds. The molecule has 1 aromatic carbocycles.